The second kappa shape index (κ2) is 4.23. The first kappa shape index (κ1) is 9.86. The summed E-state index contributed by atoms with van der Waals surface area (Å²) in [5, 5.41) is 7.22. The van der Waals surface area contributed by atoms with Gasteiger partial charge in [0.15, 0.2) is 0 Å². The topological polar surface area (TPSA) is 67.6 Å². The van der Waals surface area contributed by atoms with Gasteiger partial charge in [0.25, 0.3) is 0 Å². The van der Waals surface area contributed by atoms with E-state index in [0.29, 0.717) is 0 Å². The van der Waals surface area contributed by atoms with E-state index >= 15 is 0 Å². The first-order valence-electron chi connectivity index (χ1n) is 4.96. The van der Waals surface area contributed by atoms with Gasteiger partial charge < -0.3 is 5.73 Å². The summed E-state index contributed by atoms with van der Waals surface area (Å²) < 4.78 is 0. The van der Waals surface area contributed by atoms with Gasteiger partial charge in [-0.25, -0.2) is 0 Å². The quantitative estimate of drug-likeness (QED) is 0.789. The zero-order valence-corrected chi connectivity index (χ0v) is 8.64. The lowest BCUT2D eigenvalue weighted by Gasteiger charge is -1.99. The van der Waals surface area contributed by atoms with Crippen molar-refractivity contribution in [2.24, 2.45) is 5.73 Å². The number of nitrogens with one attached hydrogen (secondary N) is 1. The highest BCUT2D eigenvalue weighted by molar-refractivity contribution is 5.58. The molecular formula is C11H14N4. The van der Waals surface area contributed by atoms with Crippen molar-refractivity contribution in [2.45, 2.75) is 19.4 Å². The third kappa shape index (κ3) is 2.41. The Morgan fingerprint density at radius 2 is 2.13 bits per heavy atom. The van der Waals surface area contributed by atoms with E-state index in [0.717, 1.165) is 23.4 Å². The Morgan fingerprint density at radius 3 is 2.80 bits per heavy atom. The zero-order chi connectivity index (χ0) is 10.7. The van der Waals surface area contributed by atoms with Crippen LogP contribution in [-0.2, 0) is 6.42 Å². The number of aromatic nitrogens is 3. The molecule has 0 aliphatic heterocycles. The van der Waals surface area contributed by atoms with Gasteiger partial charge in [0.1, 0.15) is 0 Å². The SMILES string of the molecule is CC(N)Cc1cc(-c2ccncc2)n[nH]1. The van der Waals surface area contributed by atoms with Crippen LogP contribution < -0.4 is 5.73 Å². The highest BCUT2D eigenvalue weighted by atomic mass is 15.1. The molecule has 0 spiro atoms. The smallest absolute Gasteiger partial charge is 0.0924 e. The summed E-state index contributed by atoms with van der Waals surface area (Å²) in [6.45, 7) is 1.98. The molecule has 0 fully saturated rings. The molecule has 0 aliphatic rings. The Balaban J connectivity index is 2.21. The average molecular weight is 202 g/mol. The molecule has 4 nitrogen and oxygen atoms in total. The molecular weight excluding hydrogens is 188 g/mol. The maximum Gasteiger partial charge on any atom is 0.0924 e. The number of H-pyrrole nitrogens is 1. The molecule has 4 heteroatoms. The summed E-state index contributed by atoms with van der Waals surface area (Å²) in [6, 6.07) is 6.05. The maximum atomic E-state index is 5.71. The fraction of sp³-hybridized carbons (Fsp3) is 0.273. The molecule has 0 aliphatic carbocycles. The van der Waals surface area contributed by atoms with E-state index in [1.807, 2.05) is 25.1 Å². The van der Waals surface area contributed by atoms with Gasteiger partial charge in [0, 0.05) is 36.1 Å². The number of nitrogens with zero attached hydrogens (tertiary/aromatic N) is 2. The van der Waals surface area contributed by atoms with Crippen LogP contribution >= 0.6 is 0 Å². The van der Waals surface area contributed by atoms with E-state index in [-0.39, 0.29) is 6.04 Å². The Labute approximate surface area is 88.5 Å². The lowest BCUT2D eigenvalue weighted by atomic mass is 10.1. The van der Waals surface area contributed by atoms with Crippen molar-refractivity contribution in [2.75, 3.05) is 0 Å². The number of aromatic amines is 1. The van der Waals surface area contributed by atoms with E-state index in [1.54, 1.807) is 12.4 Å². The van der Waals surface area contributed by atoms with Crippen molar-refractivity contribution in [1.29, 1.82) is 0 Å². The Morgan fingerprint density at radius 1 is 1.40 bits per heavy atom. The number of hydrogen-bond donors (Lipinski definition) is 2. The van der Waals surface area contributed by atoms with Gasteiger partial charge in [-0.15, -0.1) is 0 Å². The Hall–Kier alpha value is -1.68. The van der Waals surface area contributed by atoms with Crippen LogP contribution in [0.15, 0.2) is 30.6 Å². The third-order valence-electron chi connectivity index (χ3n) is 2.15. The van der Waals surface area contributed by atoms with Crippen molar-refractivity contribution in [3.63, 3.8) is 0 Å². The summed E-state index contributed by atoms with van der Waals surface area (Å²) in [5.41, 5.74) is 8.79. The molecule has 2 rings (SSSR count). The maximum absolute atomic E-state index is 5.71. The molecule has 0 saturated heterocycles. The van der Waals surface area contributed by atoms with Crippen LogP contribution in [0.4, 0.5) is 0 Å². The van der Waals surface area contributed by atoms with E-state index in [9.17, 15) is 0 Å². The number of hydrogen-bond acceptors (Lipinski definition) is 3. The second-order valence-electron chi connectivity index (χ2n) is 3.70. The molecule has 15 heavy (non-hydrogen) atoms. The van der Waals surface area contributed by atoms with Crippen molar-refractivity contribution in [3.8, 4) is 11.3 Å². The largest absolute Gasteiger partial charge is 0.328 e. The molecule has 0 saturated carbocycles. The highest BCUT2D eigenvalue weighted by Crippen LogP contribution is 2.16. The minimum atomic E-state index is 0.149. The Kier molecular flexibility index (Phi) is 2.78. The first-order valence-corrected chi connectivity index (χ1v) is 4.96. The lowest BCUT2D eigenvalue weighted by molar-refractivity contribution is 0.719. The monoisotopic (exact) mass is 202 g/mol. The van der Waals surface area contributed by atoms with Crippen LogP contribution in [0.5, 0.6) is 0 Å². The van der Waals surface area contributed by atoms with Crippen molar-refractivity contribution < 1.29 is 0 Å². The van der Waals surface area contributed by atoms with Gasteiger partial charge in [-0.05, 0) is 25.1 Å². The molecule has 1 unspecified atom stereocenters. The molecule has 78 valence electrons. The summed E-state index contributed by atoms with van der Waals surface area (Å²) in [5.74, 6) is 0. The van der Waals surface area contributed by atoms with E-state index in [2.05, 4.69) is 15.2 Å². The van der Waals surface area contributed by atoms with E-state index < -0.39 is 0 Å². The van der Waals surface area contributed by atoms with Gasteiger partial charge in [0.05, 0.1) is 5.69 Å². The van der Waals surface area contributed by atoms with Crippen molar-refractivity contribution in [1.82, 2.24) is 15.2 Å². The molecule has 1 atom stereocenters. The fourth-order valence-electron chi connectivity index (χ4n) is 1.48. The van der Waals surface area contributed by atoms with Gasteiger partial charge >= 0.3 is 0 Å². The van der Waals surface area contributed by atoms with Crippen molar-refractivity contribution >= 4 is 0 Å². The normalized spacial score (nSPS) is 12.7. The fourth-order valence-corrected chi connectivity index (χ4v) is 1.48. The third-order valence-corrected chi connectivity index (χ3v) is 2.15. The van der Waals surface area contributed by atoms with Crippen LogP contribution in [-0.4, -0.2) is 21.2 Å². The minimum Gasteiger partial charge on any atom is -0.328 e. The highest BCUT2D eigenvalue weighted by Gasteiger charge is 2.04. The standard InChI is InChI=1S/C11H14N4/c1-8(12)6-10-7-11(15-14-10)9-2-4-13-5-3-9/h2-5,7-8H,6,12H2,1H3,(H,14,15). The van der Waals surface area contributed by atoms with E-state index in [4.69, 9.17) is 5.73 Å². The predicted octanol–water partition coefficient (Wildman–Crippen LogP) is 1.36. The molecule has 0 amide bonds. The van der Waals surface area contributed by atoms with E-state index in [1.165, 1.54) is 0 Å². The molecule has 2 heterocycles. The van der Waals surface area contributed by atoms with Gasteiger partial charge in [-0.2, -0.15) is 5.10 Å². The number of rotatable bonds is 3. The number of pyridine rings is 1. The van der Waals surface area contributed by atoms with Crippen LogP contribution in [0.1, 0.15) is 12.6 Å². The zero-order valence-electron chi connectivity index (χ0n) is 8.64. The summed E-state index contributed by atoms with van der Waals surface area (Å²) in [4.78, 5) is 3.97. The van der Waals surface area contributed by atoms with Gasteiger partial charge in [-0.1, -0.05) is 0 Å². The molecule has 2 aromatic heterocycles. The first-order chi connectivity index (χ1) is 7.25. The molecule has 0 aromatic carbocycles. The second-order valence-corrected chi connectivity index (χ2v) is 3.70. The van der Waals surface area contributed by atoms with Crippen LogP contribution in [0, 0.1) is 0 Å². The van der Waals surface area contributed by atoms with Gasteiger partial charge in [-0.3, -0.25) is 10.1 Å². The molecule has 2 aromatic rings. The number of nitrogens with two attached hydrogens (primary N) is 1. The van der Waals surface area contributed by atoms with Crippen molar-refractivity contribution in [3.05, 3.63) is 36.3 Å². The van der Waals surface area contributed by atoms with Crippen LogP contribution in [0.2, 0.25) is 0 Å². The summed E-state index contributed by atoms with van der Waals surface area (Å²) in [7, 11) is 0. The molecule has 3 N–H and O–H groups in total. The predicted molar refractivity (Wildman–Crippen MR) is 59.2 cm³/mol. The van der Waals surface area contributed by atoms with Crippen LogP contribution in [0.25, 0.3) is 11.3 Å². The summed E-state index contributed by atoms with van der Waals surface area (Å²) >= 11 is 0. The molecule has 0 bridgehead atoms. The summed E-state index contributed by atoms with van der Waals surface area (Å²) in [6.07, 6.45) is 4.34. The minimum absolute atomic E-state index is 0.149. The lowest BCUT2D eigenvalue weighted by Crippen LogP contribution is -2.17. The average Bonchev–Trinajstić information content (AvgIpc) is 2.67. The van der Waals surface area contributed by atoms with Crippen LogP contribution in [0.3, 0.4) is 0 Å². The van der Waals surface area contributed by atoms with Gasteiger partial charge in [0.2, 0.25) is 0 Å². The Bertz CT molecular complexity index is 419. The molecule has 0 radical (unpaired) electrons.